The van der Waals surface area contributed by atoms with Crippen molar-refractivity contribution in [1.82, 2.24) is 15.6 Å². The topological polar surface area (TPSA) is 108 Å². The number of fused-ring (bicyclic) bond motifs is 1. The number of aromatic nitrogens is 1. The van der Waals surface area contributed by atoms with Gasteiger partial charge in [-0.15, -0.1) is 0 Å². The van der Waals surface area contributed by atoms with Gasteiger partial charge in [-0.1, -0.05) is 59.8 Å². The van der Waals surface area contributed by atoms with Crippen molar-refractivity contribution < 1.29 is 4.79 Å². The summed E-state index contributed by atoms with van der Waals surface area (Å²) in [5.74, 6) is 0.466. The maximum absolute atomic E-state index is 12.2. The van der Waals surface area contributed by atoms with Gasteiger partial charge >= 0.3 is 0 Å². The Balaban J connectivity index is 1.38. The van der Waals surface area contributed by atoms with Gasteiger partial charge in [0.1, 0.15) is 0 Å². The summed E-state index contributed by atoms with van der Waals surface area (Å²) in [4.78, 5) is 24.5. The molecule has 3 aromatic rings. The Bertz CT molecular complexity index is 1090. The molecule has 0 bridgehead atoms. The summed E-state index contributed by atoms with van der Waals surface area (Å²) in [6, 6.07) is 16.1. The number of nitrogens with one attached hydrogen (secondary N) is 3. The largest absolute Gasteiger partial charge is 0.370 e. The molecule has 2 aromatic carbocycles. The van der Waals surface area contributed by atoms with Crippen LogP contribution in [0.15, 0.2) is 64.7 Å². The lowest BCUT2D eigenvalue weighted by Gasteiger charge is -2.18. The zero-order valence-electron chi connectivity index (χ0n) is 16.0. The standard InChI is InChI=1S/C21H22N6OS/c1-13-6-8-14(9-7-13)10-24-18(28)12-29-21-26-19(25-20(22)27-21)16-11-23-17-5-3-2-4-15(16)17/h2-9,11,19,23H,10,12H2,1H3,(H,24,28)(H3,22,25,26,27). The van der Waals surface area contributed by atoms with E-state index in [1.165, 1.54) is 17.3 Å². The molecule has 4 rings (SSSR count). The van der Waals surface area contributed by atoms with Gasteiger partial charge in [0.05, 0.1) is 5.75 Å². The quantitative estimate of drug-likeness (QED) is 0.522. The maximum Gasteiger partial charge on any atom is 0.230 e. The molecule has 1 unspecified atom stereocenters. The van der Waals surface area contributed by atoms with Crippen molar-refractivity contribution in [2.24, 2.45) is 15.7 Å². The van der Waals surface area contributed by atoms with Crippen molar-refractivity contribution in [3.05, 3.63) is 71.4 Å². The first-order chi connectivity index (χ1) is 14.1. The first kappa shape index (κ1) is 19.1. The molecule has 0 saturated carbocycles. The van der Waals surface area contributed by atoms with Gasteiger partial charge in [0, 0.05) is 29.2 Å². The first-order valence-corrected chi connectivity index (χ1v) is 10.3. The highest BCUT2D eigenvalue weighted by Crippen LogP contribution is 2.29. The fourth-order valence-electron chi connectivity index (χ4n) is 3.06. The summed E-state index contributed by atoms with van der Waals surface area (Å²) in [6.45, 7) is 2.54. The second-order valence-corrected chi connectivity index (χ2v) is 7.75. The summed E-state index contributed by atoms with van der Waals surface area (Å²) >= 11 is 1.31. The summed E-state index contributed by atoms with van der Waals surface area (Å²) in [5.41, 5.74) is 10.2. The second-order valence-electron chi connectivity index (χ2n) is 6.79. The van der Waals surface area contributed by atoms with E-state index >= 15 is 0 Å². The summed E-state index contributed by atoms with van der Waals surface area (Å²) in [7, 11) is 0. The minimum absolute atomic E-state index is 0.0650. The molecule has 5 N–H and O–H groups in total. The van der Waals surface area contributed by atoms with E-state index in [0.717, 1.165) is 22.0 Å². The molecule has 148 valence electrons. The van der Waals surface area contributed by atoms with Gasteiger partial charge in [0.15, 0.2) is 17.3 Å². The van der Waals surface area contributed by atoms with Crippen molar-refractivity contribution in [2.45, 2.75) is 19.6 Å². The molecule has 0 radical (unpaired) electrons. The fourth-order valence-corrected chi connectivity index (χ4v) is 3.78. The van der Waals surface area contributed by atoms with Crippen LogP contribution in [0.25, 0.3) is 10.9 Å². The molecule has 29 heavy (non-hydrogen) atoms. The predicted molar refractivity (Wildman–Crippen MR) is 119 cm³/mol. The van der Waals surface area contributed by atoms with E-state index < -0.39 is 6.17 Å². The Hall–Kier alpha value is -3.26. The third-order valence-electron chi connectivity index (χ3n) is 4.59. The van der Waals surface area contributed by atoms with E-state index in [9.17, 15) is 4.79 Å². The Morgan fingerprint density at radius 2 is 1.97 bits per heavy atom. The number of nitrogens with two attached hydrogens (primary N) is 1. The number of H-pyrrole nitrogens is 1. The van der Waals surface area contributed by atoms with Gasteiger partial charge in [0.25, 0.3) is 0 Å². The van der Waals surface area contributed by atoms with Gasteiger partial charge < -0.3 is 21.4 Å². The van der Waals surface area contributed by atoms with Crippen LogP contribution in [-0.4, -0.2) is 27.8 Å². The molecule has 0 spiro atoms. The Labute approximate surface area is 172 Å². The molecular weight excluding hydrogens is 384 g/mol. The highest BCUT2D eigenvalue weighted by Gasteiger charge is 2.20. The van der Waals surface area contributed by atoms with Crippen LogP contribution in [0.1, 0.15) is 22.9 Å². The Kier molecular flexibility index (Phi) is 5.53. The number of carbonyl (C=O) groups excluding carboxylic acids is 1. The van der Waals surface area contributed by atoms with E-state index in [1.54, 1.807) is 0 Å². The van der Waals surface area contributed by atoms with Gasteiger partial charge in [-0.3, -0.25) is 4.79 Å². The molecule has 7 nitrogen and oxygen atoms in total. The number of aromatic amines is 1. The van der Waals surface area contributed by atoms with Crippen LogP contribution in [0.3, 0.4) is 0 Å². The Morgan fingerprint density at radius 3 is 2.79 bits per heavy atom. The number of amidine groups is 1. The molecular formula is C21H22N6OS. The molecule has 8 heteroatoms. The SMILES string of the molecule is Cc1ccc(CNC(=O)CSC2=NC(c3c[nH]c4ccccc34)N=C(N)N2)cc1. The van der Waals surface area contributed by atoms with E-state index in [1.807, 2.05) is 61.7 Å². The third kappa shape index (κ3) is 4.60. The zero-order valence-corrected chi connectivity index (χ0v) is 16.8. The summed E-state index contributed by atoms with van der Waals surface area (Å²) in [5, 5.41) is 7.50. The van der Waals surface area contributed by atoms with Crippen molar-refractivity contribution in [3.63, 3.8) is 0 Å². The fraction of sp³-hybridized carbons (Fsp3) is 0.190. The monoisotopic (exact) mass is 406 g/mol. The number of para-hydroxylation sites is 1. The lowest BCUT2D eigenvalue weighted by atomic mass is 10.1. The third-order valence-corrected chi connectivity index (χ3v) is 5.47. The number of nitrogens with zero attached hydrogens (tertiary/aromatic N) is 2. The molecule has 0 aliphatic carbocycles. The summed E-state index contributed by atoms with van der Waals surface area (Å²) < 4.78 is 0. The van der Waals surface area contributed by atoms with Crippen LogP contribution in [0.2, 0.25) is 0 Å². The van der Waals surface area contributed by atoms with Gasteiger partial charge in [-0.05, 0) is 18.6 Å². The highest BCUT2D eigenvalue weighted by atomic mass is 32.2. The lowest BCUT2D eigenvalue weighted by molar-refractivity contribution is -0.118. The Morgan fingerprint density at radius 1 is 1.17 bits per heavy atom. The maximum atomic E-state index is 12.2. The summed E-state index contributed by atoms with van der Waals surface area (Å²) in [6.07, 6.45) is 1.46. The van der Waals surface area contributed by atoms with E-state index in [4.69, 9.17) is 5.73 Å². The van der Waals surface area contributed by atoms with E-state index in [-0.39, 0.29) is 17.6 Å². The first-order valence-electron chi connectivity index (χ1n) is 9.27. The van der Waals surface area contributed by atoms with E-state index in [2.05, 4.69) is 25.6 Å². The molecule has 0 fully saturated rings. The molecule has 1 atom stereocenters. The number of rotatable bonds is 5. The molecule has 1 aliphatic rings. The minimum atomic E-state index is -0.439. The molecule has 1 aliphatic heterocycles. The molecule has 1 amide bonds. The molecule has 1 aromatic heterocycles. The van der Waals surface area contributed by atoms with Crippen molar-refractivity contribution >= 4 is 39.7 Å². The number of amides is 1. The predicted octanol–water partition coefficient (Wildman–Crippen LogP) is 2.80. The van der Waals surface area contributed by atoms with Gasteiger partial charge in [-0.25, -0.2) is 9.98 Å². The molecule has 0 saturated heterocycles. The van der Waals surface area contributed by atoms with Crippen LogP contribution >= 0.6 is 11.8 Å². The van der Waals surface area contributed by atoms with Crippen molar-refractivity contribution in [1.29, 1.82) is 0 Å². The number of benzene rings is 2. The normalized spacial score (nSPS) is 16.1. The highest BCUT2D eigenvalue weighted by molar-refractivity contribution is 8.14. The average molecular weight is 407 g/mol. The number of thioether (sulfide) groups is 1. The van der Waals surface area contributed by atoms with Crippen LogP contribution in [0, 0.1) is 6.92 Å². The minimum Gasteiger partial charge on any atom is -0.370 e. The number of hydrogen-bond donors (Lipinski definition) is 4. The van der Waals surface area contributed by atoms with Crippen molar-refractivity contribution in [2.75, 3.05) is 5.75 Å². The smallest absolute Gasteiger partial charge is 0.230 e. The number of carbonyl (C=O) groups is 1. The number of guanidine groups is 1. The van der Waals surface area contributed by atoms with Crippen LogP contribution in [0.5, 0.6) is 0 Å². The number of aryl methyl sites for hydroxylation is 1. The number of aliphatic imine (C=N–C) groups is 2. The van der Waals surface area contributed by atoms with E-state index in [0.29, 0.717) is 11.7 Å². The van der Waals surface area contributed by atoms with Crippen LogP contribution in [0.4, 0.5) is 0 Å². The molecule has 2 heterocycles. The van der Waals surface area contributed by atoms with Crippen molar-refractivity contribution in [3.8, 4) is 0 Å². The zero-order chi connectivity index (χ0) is 20.2. The second kappa shape index (κ2) is 8.40. The van der Waals surface area contributed by atoms with Gasteiger partial charge in [0.2, 0.25) is 5.91 Å². The average Bonchev–Trinajstić information content (AvgIpc) is 3.16. The number of hydrogen-bond acceptors (Lipinski definition) is 6. The lowest BCUT2D eigenvalue weighted by Crippen LogP contribution is -2.39. The van der Waals surface area contributed by atoms with Crippen LogP contribution < -0.4 is 16.4 Å². The van der Waals surface area contributed by atoms with Gasteiger partial charge in [-0.2, -0.15) is 0 Å². The van der Waals surface area contributed by atoms with Crippen LogP contribution in [-0.2, 0) is 11.3 Å².